The number of ether oxygens (including phenoxy) is 1. The first kappa shape index (κ1) is 20.1. The summed E-state index contributed by atoms with van der Waals surface area (Å²) in [5, 5.41) is 9.69. The van der Waals surface area contributed by atoms with Crippen LogP contribution in [0.4, 0.5) is 0 Å². The molecule has 6 nitrogen and oxygen atoms in total. The Morgan fingerprint density at radius 1 is 1.18 bits per heavy atom. The molecule has 7 heteroatoms. The van der Waals surface area contributed by atoms with Gasteiger partial charge in [0.1, 0.15) is 17.4 Å². The van der Waals surface area contributed by atoms with E-state index in [0.717, 1.165) is 47.5 Å². The van der Waals surface area contributed by atoms with Crippen molar-refractivity contribution in [3.8, 4) is 10.6 Å². The molecule has 2 heterocycles. The van der Waals surface area contributed by atoms with E-state index in [1.165, 1.54) is 0 Å². The molecule has 1 aromatic carbocycles. The lowest BCUT2D eigenvalue weighted by Crippen LogP contribution is -2.38. The van der Waals surface area contributed by atoms with Gasteiger partial charge in [-0.2, -0.15) is 0 Å². The maximum Gasteiger partial charge on any atom is 0.191 e. The summed E-state index contributed by atoms with van der Waals surface area (Å²) in [4.78, 5) is 9.32. The van der Waals surface area contributed by atoms with Gasteiger partial charge in [-0.1, -0.05) is 30.3 Å². The number of aromatic nitrogens is 1. The first-order valence-corrected chi connectivity index (χ1v) is 10.3. The van der Waals surface area contributed by atoms with Crippen LogP contribution in [-0.2, 0) is 17.9 Å². The van der Waals surface area contributed by atoms with E-state index in [-0.39, 0.29) is 0 Å². The predicted molar refractivity (Wildman–Crippen MR) is 113 cm³/mol. The fraction of sp³-hybridized carbons (Fsp3) is 0.333. The van der Waals surface area contributed by atoms with Gasteiger partial charge in [0.15, 0.2) is 5.96 Å². The minimum Gasteiger partial charge on any atom is -0.467 e. The van der Waals surface area contributed by atoms with E-state index in [9.17, 15) is 0 Å². The molecule has 148 valence electrons. The summed E-state index contributed by atoms with van der Waals surface area (Å²) in [5.41, 5.74) is 2.12. The highest BCUT2D eigenvalue weighted by molar-refractivity contribution is 7.13. The van der Waals surface area contributed by atoms with Crippen LogP contribution in [0, 0.1) is 0 Å². The summed E-state index contributed by atoms with van der Waals surface area (Å²) >= 11 is 1.65. The van der Waals surface area contributed by atoms with Crippen LogP contribution >= 0.6 is 11.3 Å². The minimum absolute atomic E-state index is 0.509. The summed E-state index contributed by atoms with van der Waals surface area (Å²) in [6, 6.07) is 14.0. The Balaban J connectivity index is 1.41. The molecular formula is C21H26N4O2S. The number of furan rings is 1. The minimum atomic E-state index is 0.509. The lowest BCUT2D eigenvalue weighted by atomic mass is 10.2. The van der Waals surface area contributed by atoms with Gasteiger partial charge in [0.05, 0.1) is 18.5 Å². The second-order valence-corrected chi connectivity index (χ2v) is 6.98. The first-order chi connectivity index (χ1) is 13.8. The van der Waals surface area contributed by atoms with E-state index in [4.69, 9.17) is 9.15 Å². The predicted octanol–water partition coefficient (Wildman–Crippen LogP) is 4.07. The number of guanidine groups is 1. The maximum absolute atomic E-state index is 5.59. The largest absolute Gasteiger partial charge is 0.467 e. The summed E-state index contributed by atoms with van der Waals surface area (Å²) in [6.45, 7) is 5.38. The van der Waals surface area contributed by atoms with E-state index in [1.807, 2.05) is 30.3 Å². The number of aliphatic imine (C=N–C) groups is 1. The quantitative estimate of drug-likeness (QED) is 0.306. The Kier molecular flexibility index (Phi) is 8.08. The van der Waals surface area contributed by atoms with Gasteiger partial charge in [-0.25, -0.2) is 9.98 Å². The van der Waals surface area contributed by atoms with Crippen LogP contribution in [0.15, 0.2) is 63.5 Å². The first-order valence-electron chi connectivity index (χ1n) is 9.47. The number of thiazole rings is 1. The summed E-state index contributed by atoms with van der Waals surface area (Å²) in [7, 11) is 0. The number of rotatable bonds is 10. The standard InChI is InChI=1S/C21H26N4O2S/c1-2-22-21(23-11-7-12-26-15-19-10-6-13-27-19)24-14-18-16-28-20(25-18)17-8-4-3-5-9-17/h3-6,8-10,13,16H,2,7,11-12,14-15H2,1H3,(H2,22,23,24). The number of hydrogen-bond donors (Lipinski definition) is 2. The van der Waals surface area contributed by atoms with Gasteiger partial charge in [0, 0.05) is 30.6 Å². The molecule has 0 aliphatic heterocycles. The lowest BCUT2D eigenvalue weighted by molar-refractivity contribution is 0.105. The molecule has 2 N–H and O–H groups in total. The van der Waals surface area contributed by atoms with Crippen molar-refractivity contribution in [3.05, 3.63) is 65.6 Å². The van der Waals surface area contributed by atoms with E-state index in [2.05, 4.69) is 45.0 Å². The maximum atomic E-state index is 5.59. The van der Waals surface area contributed by atoms with Gasteiger partial charge in [-0.3, -0.25) is 0 Å². The fourth-order valence-electron chi connectivity index (χ4n) is 2.54. The highest BCUT2D eigenvalue weighted by atomic mass is 32.1. The molecular weight excluding hydrogens is 372 g/mol. The van der Waals surface area contributed by atoms with Crippen LogP contribution in [0.1, 0.15) is 24.8 Å². The molecule has 0 fully saturated rings. The molecule has 3 rings (SSSR count). The van der Waals surface area contributed by atoms with Gasteiger partial charge in [-0.05, 0) is 25.5 Å². The smallest absolute Gasteiger partial charge is 0.191 e. The molecule has 0 spiro atoms. The molecule has 3 aromatic rings. The van der Waals surface area contributed by atoms with Crippen molar-refractivity contribution in [1.82, 2.24) is 15.6 Å². The van der Waals surface area contributed by atoms with Crippen molar-refractivity contribution in [2.45, 2.75) is 26.5 Å². The van der Waals surface area contributed by atoms with E-state index in [1.54, 1.807) is 17.6 Å². The molecule has 0 unspecified atom stereocenters. The zero-order chi connectivity index (χ0) is 19.4. The Labute approximate surface area is 169 Å². The van der Waals surface area contributed by atoms with Gasteiger partial charge in [-0.15, -0.1) is 11.3 Å². The molecule has 2 aromatic heterocycles. The summed E-state index contributed by atoms with van der Waals surface area (Å²) in [6.07, 6.45) is 2.55. The van der Waals surface area contributed by atoms with Gasteiger partial charge in [0.2, 0.25) is 0 Å². The van der Waals surface area contributed by atoms with Gasteiger partial charge >= 0.3 is 0 Å². The third-order valence-corrected chi connectivity index (χ3v) is 4.84. The highest BCUT2D eigenvalue weighted by Crippen LogP contribution is 2.23. The lowest BCUT2D eigenvalue weighted by Gasteiger charge is -2.11. The topological polar surface area (TPSA) is 71.7 Å². The average molecular weight is 399 g/mol. The average Bonchev–Trinajstić information content (AvgIpc) is 3.41. The zero-order valence-corrected chi connectivity index (χ0v) is 16.9. The number of nitrogens with zero attached hydrogens (tertiary/aromatic N) is 2. The second-order valence-electron chi connectivity index (χ2n) is 6.12. The highest BCUT2D eigenvalue weighted by Gasteiger charge is 2.04. The fourth-order valence-corrected chi connectivity index (χ4v) is 3.36. The summed E-state index contributed by atoms with van der Waals surface area (Å²) < 4.78 is 10.8. The molecule has 0 saturated carbocycles. The van der Waals surface area contributed by atoms with Crippen LogP contribution in [0.5, 0.6) is 0 Å². The van der Waals surface area contributed by atoms with Gasteiger partial charge < -0.3 is 19.8 Å². The summed E-state index contributed by atoms with van der Waals surface area (Å²) in [5.74, 6) is 1.64. The van der Waals surface area contributed by atoms with Crippen molar-refractivity contribution < 1.29 is 9.15 Å². The second kappa shape index (κ2) is 11.3. The molecule has 0 bridgehead atoms. The molecule has 0 aliphatic carbocycles. The van der Waals surface area contributed by atoms with E-state index < -0.39 is 0 Å². The van der Waals surface area contributed by atoms with Crippen LogP contribution in [0.2, 0.25) is 0 Å². The molecule has 0 saturated heterocycles. The van der Waals surface area contributed by atoms with Crippen LogP contribution in [0.3, 0.4) is 0 Å². The number of nitrogens with one attached hydrogen (secondary N) is 2. The Morgan fingerprint density at radius 2 is 2.07 bits per heavy atom. The van der Waals surface area contributed by atoms with Crippen LogP contribution in [-0.4, -0.2) is 30.6 Å². The Morgan fingerprint density at radius 3 is 2.86 bits per heavy atom. The van der Waals surface area contributed by atoms with Crippen molar-refractivity contribution in [2.24, 2.45) is 4.99 Å². The SMILES string of the molecule is CCNC(=NCc1csc(-c2ccccc2)n1)NCCCOCc1ccco1. The molecule has 0 atom stereocenters. The normalized spacial score (nSPS) is 11.5. The zero-order valence-electron chi connectivity index (χ0n) is 16.1. The van der Waals surface area contributed by atoms with E-state index >= 15 is 0 Å². The molecule has 0 aliphatic rings. The van der Waals surface area contributed by atoms with Crippen LogP contribution < -0.4 is 10.6 Å². The van der Waals surface area contributed by atoms with Crippen molar-refractivity contribution in [1.29, 1.82) is 0 Å². The Bertz CT molecular complexity index is 831. The molecule has 0 amide bonds. The van der Waals surface area contributed by atoms with Crippen molar-refractivity contribution in [3.63, 3.8) is 0 Å². The van der Waals surface area contributed by atoms with Gasteiger partial charge in [0.25, 0.3) is 0 Å². The van der Waals surface area contributed by atoms with E-state index in [0.29, 0.717) is 19.8 Å². The molecule has 0 radical (unpaired) electrons. The van der Waals surface area contributed by atoms with Crippen LogP contribution in [0.25, 0.3) is 10.6 Å². The van der Waals surface area contributed by atoms with Crippen molar-refractivity contribution in [2.75, 3.05) is 19.7 Å². The third-order valence-electron chi connectivity index (χ3n) is 3.90. The Hall–Kier alpha value is -2.64. The monoisotopic (exact) mass is 398 g/mol. The molecule has 28 heavy (non-hydrogen) atoms. The number of benzene rings is 1. The van der Waals surface area contributed by atoms with Crippen molar-refractivity contribution >= 4 is 17.3 Å². The third kappa shape index (κ3) is 6.51. The number of hydrogen-bond acceptors (Lipinski definition) is 5.